The number of rotatable bonds is 6. The van der Waals surface area contributed by atoms with Crippen molar-refractivity contribution in [2.75, 3.05) is 19.6 Å². The largest absolute Gasteiger partial charge is 0.315 e. The molecule has 2 N–H and O–H groups in total. The van der Waals surface area contributed by atoms with E-state index in [2.05, 4.69) is 22.5 Å². The highest BCUT2D eigenvalue weighted by Crippen LogP contribution is 2.29. The molecule has 0 radical (unpaired) electrons. The highest BCUT2D eigenvalue weighted by Gasteiger charge is 2.44. The molecule has 4 amide bonds. The molecular formula is C21H26N4O4. The number of hydrogen-bond donors (Lipinski definition) is 2. The van der Waals surface area contributed by atoms with Gasteiger partial charge in [0.25, 0.3) is 11.8 Å². The normalized spacial score (nSPS) is 24.4. The van der Waals surface area contributed by atoms with Crippen LogP contribution in [0.2, 0.25) is 0 Å². The molecule has 0 spiro atoms. The van der Waals surface area contributed by atoms with Crippen LogP contribution in [-0.2, 0) is 16.1 Å². The van der Waals surface area contributed by atoms with Gasteiger partial charge in [0.05, 0.1) is 11.1 Å². The molecule has 0 aliphatic carbocycles. The molecule has 0 bridgehead atoms. The Labute approximate surface area is 169 Å². The third-order valence-corrected chi connectivity index (χ3v) is 5.95. The van der Waals surface area contributed by atoms with Crippen molar-refractivity contribution in [1.29, 1.82) is 0 Å². The van der Waals surface area contributed by atoms with E-state index in [4.69, 9.17) is 0 Å². The maximum Gasteiger partial charge on any atom is 0.262 e. The van der Waals surface area contributed by atoms with E-state index in [1.54, 1.807) is 12.1 Å². The minimum atomic E-state index is -0.926. The summed E-state index contributed by atoms with van der Waals surface area (Å²) in [6.45, 7) is 5.82. The molecule has 8 heteroatoms. The number of carbonyl (C=O) groups is 4. The van der Waals surface area contributed by atoms with E-state index in [0.717, 1.165) is 42.9 Å². The number of amides is 4. The molecule has 3 aliphatic heterocycles. The van der Waals surface area contributed by atoms with Gasteiger partial charge in [0.15, 0.2) is 0 Å². The molecule has 2 atom stereocenters. The molecule has 4 rings (SSSR count). The number of piperidine rings is 1. The van der Waals surface area contributed by atoms with E-state index in [0.29, 0.717) is 23.7 Å². The zero-order chi connectivity index (χ0) is 20.5. The van der Waals surface area contributed by atoms with Crippen LogP contribution in [0.25, 0.3) is 0 Å². The van der Waals surface area contributed by atoms with Crippen LogP contribution >= 0.6 is 0 Å². The Morgan fingerprint density at radius 1 is 1.10 bits per heavy atom. The second kappa shape index (κ2) is 8.04. The van der Waals surface area contributed by atoms with Gasteiger partial charge in [-0.2, -0.15) is 0 Å². The van der Waals surface area contributed by atoms with Gasteiger partial charge in [-0.15, -0.1) is 0 Å². The number of imide groups is 2. The zero-order valence-corrected chi connectivity index (χ0v) is 16.6. The number of benzene rings is 1. The van der Waals surface area contributed by atoms with Crippen LogP contribution in [0, 0.1) is 0 Å². The van der Waals surface area contributed by atoms with E-state index >= 15 is 0 Å². The second-order valence-corrected chi connectivity index (χ2v) is 7.94. The second-order valence-electron chi connectivity index (χ2n) is 7.94. The van der Waals surface area contributed by atoms with Gasteiger partial charge in [-0.3, -0.25) is 34.3 Å². The fraction of sp³-hybridized carbons (Fsp3) is 0.524. The summed E-state index contributed by atoms with van der Waals surface area (Å²) in [5, 5.41) is 5.61. The summed E-state index contributed by atoms with van der Waals surface area (Å²) in [5.41, 5.74) is 1.65. The van der Waals surface area contributed by atoms with Crippen LogP contribution < -0.4 is 10.6 Å². The molecule has 2 fully saturated rings. The summed E-state index contributed by atoms with van der Waals surface area (Å²) in [6.07, 6.45) is 2.44. The van der Waals surface area contributed by atoms with Gasteiger partial charge < -0.3 is 5.32 Å². The maximum atomic E-state index is 13.0. The summed E-state index contributed by atoms with van der Waals surface area (Å²) in [6, 6.07) is 4.91. The van der Waals surface area contributed by atoms with Gasteiger partial charge in [0.1, 0.15) is 6.04 Å². The van der Waals surface area contributed by atoms with Crippen molar-refractivity contribution in [2.24, 2.45) is 0 Å². The average molecular weight is 398 g/mol. The minimum absolute atomic E-state index is 0.121. The highest BCUT2D eigenvalue weighted by atomic mass is 16.2. The number of nitrogens with zero attached hydrogens (tertiary/aromatic N) is 2. The first-order valence-corrected chi connectivity index (χ1v) is 10.3. The van der Waals surface area contributed by atoms with Gasteiger partial charge in [-0.1, -0.05) is 13.0 Å². The van der Waals surface area contributed by atoms with Crippen molar-refractivity contribution in [3.05, 3.63) is 34.9 Å². The van der Waals surface area contributed by atoms with Crippen molar-refractivity contribution < 1.29 is 19.2 Å². The molecule has 1 aromatic carbocycles. The molecule has 29 heavy (non-hydrogen) atoms. The molecule has 2 saturated heterocycles. The first-order chi connectivity index (χ1) is 14.0. The SMILES string of the molecule is CCCN(Cc1ccc2c(c1)C(=O)N(C1CCC(=O)NC1=O)C2=O)C1CCNC1. The standard InChI is InChI=1S/C21H26N4O4/c1-2-9-24(14-7-8-22-11-14)12-13-3-4-15-16(10-13)21(29)25(20(15)28)17-5-6-18(26)23-19(17)27/h3-4,10,14,17,22H,2,5-9,11-12H2,1H3,(H,23,26,27). The minimum Gasteiger partial charge on any atom is -0.315 e. The van der Waals surface area contributed by atoms with E-state index in [1.807, 2.05) is 6.07 Å². The lowest BCUT2D eigenvalue weighted by Gasteiger charge is -2.28. The van der Waals surface area contributed by atoms with E-state index < -0.39 is 23.8 Å². The number of carbonyl (C=O) groups excluding carboxylic acids is 4. The molecule has 154 valence electrons. The average Bonchev–Trinajstić information content (AvgIpc) is 3.31. The molecule has 0 saturated carbocycles. The number of nitrogens with one attached hydrogen (secondary N) is 2. The van der Waals surface area contributed by atoms with E-state index in [9.17, 15) is 19.2 Å². The topological polar surface area (TPSA) is 98.8 Å². The molecule has 3 aliphatic rings. The zero-order valence-electron chi connectivity index (χ0n) is 16.6. The van der Waals surface area contributed by atoms with Crippen molar-refractivity contribution in [1.82, 2.24) is 20.4 Å². The quantitative estimate of drug-likeness (QED) is 0.683. The summed E-state index contributed by atoms with van der Waals surface area (Å²) in [4.78, 5) is 52.8. The Morgan fingerprint density at radius 2 is 1.90 bits per heavy atom. The van der Waals surface area contributed by atoms with Crippen molar-refractivity contribution in [3.8, 4) is 0 Å². The number of fused-ring (bicyclic) bond motifs is 1. The van der Waals surface area contributed by atoms with Crippen LogP contribution in [0.5, 0.6) is 0 Å². The predicted molar refractivity (Wildman–Crippen MR) is 105 cm³/mol. The summed E-state index contributed by atoms with van der Waals surface area (Å²) < 4.78 is 0. The monoisotopic (exact) mass is 398 g/mol. The molecule has 2 unspecified atom stereocenters. The summed E-state index contributed by atoms with van der Waals surface area (Å²) in [7, 11) is 0. The van der Waals surface area contributed by atoms with Crippen LogP contribution in [0.15, 0.2) is 18.2 Å². The van der Waals surface area contributed by atoms with Crippen molar-refractivity contribution in [2.45, 2.75) is 51.2 Å². The van der Waals surface area contributed by atoms with Gasteiger partial charge in [0, 0.05) is 25.6 Å². The molecule has 0 aromatic heterocycles. The third kappa shape index (κ3) is 3.70. The maximum absolute atomic E-state index is 13.0. The predicted octanol–water partition coefficient (Wildman–Crippen LogP) is 0.662. The van der Waals surface area contributed by atoms with Gasteiger partial charge in [-0.25, -0.2) is 0 Å². The smallest absolute Gasteiger partial charge is 0.262 e. The Balaban J connectivity index is 1.55. The van der Waals surface area contributed by atoms with Crippen LogP contribution in [0.4, 0.5) is 0 Å². The lowest BCUT2D eigenvalue weighted by molar-refractivity contribution is -0.136. The third-order valence-electron chi connectivity index (χ3n) is 5.95. The molecule has 3 heterocycles. The Hall–Kier alpha value is -2.58. The Bertz CT molecular complexity index is 862. The molecule has 8 nitrogen and oxygen atoms in total. The fourth-order valence-corrected chi connectivity index (χ4v) is 4.48. The lowest BCUT2D eigenvalue weighted by atomic mass is 10.0. The Morgan fingerprint density at radius 3 is 2.59 bits per heavy atom. The van der Waals surface area contributed by atoms with Crippen LogP contribution in [0.3, 0.4) is 0 Å². The van der Waals surface area contributed by atoms with E-state index in [1.165, 1.54) is 0 Å². The van der Waals surface area contributed by atoms with Gasteiger partial charge in [0.2, 0.25) is 11.8 Å². The van der Waals surface area contributed by atoms with Crippen LogP contribution in [0.1, 0.15) is 58.9 Å². The molecular weight excluding hydrogens is 372 g/mol. The summed E-state index contributed by atoms with van der Waals surface area (Å²) in [5.74, 6) is -1.87. The molecule has 1 aromatic rings. The van der Waals surface area contributed by atoms with Crippen LogP contribution in [-0.4, -0.2) is 65.1 Å². The van der Waals surface area contributed by atoms with E-state index in [-0.39, 0.29) is 18.7 Å². The van der Waals surface area contributed by atoms with Gasteiger partial charge >= 0.3 is 0 Å². The fourth-order valence-electron chi connectivity index (χ4n) is 4.48. The van der Waals surface area contributed by atoms with Crippen molar-refractivity contribution in [3.63, 3.8) is 0 Å². The van der Waals surface area contributed by atoms with Crippen molar-refractivity contribution >= 4 is 23.6 Å². The summed E-state index contributed by atoms with van der Waals surface area (Å²) >= 11 is 0. The Kier molecular flexibility index (Phi) is 5.47. The highest BCUT2D eigenvalue weighted by molar-refractivity contribution is 6.23. The van der Waals surface area contributed by atoms with Gasteiger partial charge in [-0.05, 0) is 50.0 Å². The first kappa shape index (κ1) is 19.7. The lowest BCUT2D eigenvalue weighted by Crippen LogP contribution is -2.54. The number of hydrogen-bond acceptors (Lipinski definition) is 6. The first-order valence-electron chi connectivity index (χ1n) is 10.3.